The number of halogens is 2. The fourth-order valence-electron chi connectivity index (χ4n) is 1.61. The predicted molar refractivity (Wildman–Crippen MR) is 68.4 cm³/mol. The first-order chi connectivity index (χ1) is 8.99. The molecule has 19 heavy (non-hydrogen) atoms. The number of oxazole rings is 1. The number of aromatic nitrogens is 1. The molecule has 0 bridgehead atoms. The summed E-state index contributed by atoms with van der Waals surface area (Å²) in [5.74, 6) is -0.200. The average Bonchev–Trinajstić information content (AvgIpc) is 2.77. The molecule has 0 saturated heterocycles. The van der Waals surface area contributed by atoms with Gasteiger partial charge in [-0.2, -0.15) is 0 Å². The van der Waals surface area contributed by atoms with E-state index in [1.165, 1.54) is 29.5 Å². The Morgan fingerprint density at radius 3 is 2.84 bits per heavy atom. The molecule has 2 rings (SSSR count). The van der Waals surface area contributed by atoms with Crippen molar-refractivity contribution in [3.05, 3.63) is 52.5 Å². The molecule has 4 nitrogen and oxygen atoms in total. The molecule has 1 amide bonds. The van der Waals surface area contributed by atoms with Crippen LogP contribution in [0.5, 0.6) is 0 Å². The second kappa shape index (κ2) is 5.40. The molecule has 100 valence electrons. The van der Waals surface area contributed by atoms with Crippen molar-refractivity contribution in [2.75, 3.05) is 7.05 Å². The number of rotatable bonds is 3. The molecule has 0 unspecified atom stereocenters. The van der Waals surface area contributed by atoms with Crippen molar-refractivity contribution in [3.63, 3.8) is 0 Å². The van der Waals surface area contributed by atoms with Crippen molar-refractivity contribution in [2.45, 2.75) is 13.5 Å². The van der Waals surface area contributed by atoms with Crippen molar-refractivity contribution >= 4 is 17.5 Å². The van der Waals surface area contributed by atoms with E-state index in [-0.39, 0.29) is 10.9 Å². The third-order valence-electron chi connectivity index (χ3n) is 2.74. The highest BCUT2D eigenvalue weighted by Crippen LogP contribution is 2.18. The van der Waals surface area contributed by atoms with Crippen molar-refractivity contribution in [1.82, 2.24) is 9.88 Å². The van der Waals surface area contributed by atoms with Gasteiger partial charge in [0.15, 0.2) is 6.39 Å². The first-order valence-electron chi connectivity index (χ1n) is 5.58. The van der Waals surface area contributed by atoms with E-state index in [4.69, 9.17) is 16.0 Å². The van der Waals surface area contributed by atoms with Crippen molar-refractivity contribution < 1.29 is 13.6 Å². The van der Waals surface area contributed by atoms with Crippen molar-refractivity contribution in [2.24, 2.45) is 0 Å². The van der Waals surface area contributed by atoms with Gasteiger partial charge in [-0.25, -0.2) is 9.37 Å². The number of amides is 1. The Morgan fingerprint density at radius 1 is 1.53 bits per heavy atom. The van der Waals surface area contributed by atoms with E-state index >= 15 is 0 Å². The molecule has 0 aliphatic heterocycles. The molecule has 1 aromatic carbocycles. The topological polar surface area (TPSA) is 46.3 Å². The first-order valence-corrected chi connectivity index (χ1v) is 5.96. The van der Waals surface area contributed by atoms with Crippen LogP contribution in [0.25, 0.3) is 0 Å². The molecule has 0 radical (unpaired) electrons. The fraction of sp³-hybridized carbons (Fsp3) is 0.231. The molecule has 0 aliphatic rings. The van der Waals surface area contributed by atoms with Gasteiger partial charge in [0.05, 0.1) is 17.3 Å². The quantitative estimate of drug-likeness (QED) is 0.869. The lowest BCUT2D eigenvalue weighted by Crippen LogP contribution is -2.26. The lowest BCUT2D eigenvalue weighted by Gasteiger charge is -2.16. The molecule has 0 saturated carbocycles. The van der Waals surface area contributed by atoms with E-state index in [9.17, 15) is 9.18 Å². The second-order valence-electron chi connectivity index (χ2n) is 4.15. The summed E-state index contributed by atoms with van der Waals surface area (Å²) >= 11 is 5.66. The van der Waals surface area contributed by atoms with Crippen LogP contribution in [0.1, 0.15) is 21.8 Å². The SMILES string of the molecule is Cc1ncoc1CN(C)C(=O)c1ccc(F)c(Cl)c1. The molecular weight excluding hydrogens is 271 g/mol. The Labute approximate surface area is 114 Å². The number of aryl methyl sites for hydroxylation is 1. The summed E-state index contributed by atoms with van der Waals surface area (Å²) in [7, 11) is 1.63. The Bertz CT molecular complexity index is 612. The number of hydrogen-bond donors (Lipinski definition) is 0. The Morgan fingerprint density at radius 2 is 2.26 bits per heavy atom. The van der Waals surface area contributed by atoms with Gasteiger partial charge in [-0.1, -0.05) is 11.6 Å². The summed E-state index contributed by atoms with van der Waals surface area (Å²) in [5.41, 5.74) is 1.06. The molecule has 1 heterocycles. The summed E-state index contributed by atoms with van der Waals surface area (Å²) in [6.45, 7) is 2.09. The summed E-state index contributed by atoms with van der Waals surface area (Å²) in [6, 6.07) is 3.87. The largest absolute Gasteiger partial charge is 0.446 e. The summed E-state index contributed by atoms with van der Waals surface area (Å²) < 4.78 is 18.2. The van der Waals surface area contributed by atoms with Gasteiger partial charge in [0.2, 0.25) is 0 Å². The first kappa shape index (κ1) is 13.5. The van der Waals surface area contributed by atoms with Gasteiger partial charge in [0.25, 0.3) is 5.91 Å². The smallest absolute Gasteiger partial charge is 0.254 e. The van der Waals surface area contributed by atoms with Crippen LogP contribution in [-0.4, -0.2) is 22.8 Å². The average molecular weight is 283 g/mol. The molecule has 0 spiro atoms. The number of carbonyl (C=O) groups excluding carboxylic acids is 1. The molecule has 0 fully saturated rings. The molecule has 2 aromatic rings. The van der Waals surface area contributed by atoms with Gasteiger partial charge in [0.1, 0.15) is 11.6 Å². The maximum absolute atomic E-state index is 13.0. The third kappa shape index (κ3) is 2.93. The van der Waals surface area contributed by atoms with Crippen LogP contribution in [0.4, 0.5) is 4.39 Å². The van der Waals surface area contributed by atoms with E-state index in [2.05, 4.69) is 4.98 Å². The van der Waals surface area contributed by atoms with Gasteiger partial charge >= 0.3 is 0 Å². The molecule has 0 N–H and O–H groups in total. The van der Waals surface area contributed by atoms with Crippen LogP contribution in [0.15, 0.2) is 29.0 Å². The summed E-state index contributed by atoms with van der Waals surface area (Å²) in [5, 5.41) is -0.0740. The number of carbonyl (C=O) groups is 1. The second-order valence-corrected chi connectivity index (χ2v) is 4.56. The Balaban J connectivity index is 2.15. The van der Waals surface area contributed by atoms with Gasteiger partial charge in [-0.3, -0.25) is 4.79 Å². The van der Waals surface area contributed by atoms with E-state index in [1.807, 2.05) is 0 Å². The van der Waals surface area contributed by atoms with E-state index in [0.29, 0.717) is 17.9 Å². The zero-order chi connectivity index (χ0) is 14.0. The monoisotopic (exact) mass is 282 g/mol. The van der Waals surface area contributed by atoms with Gasteiger partial charge in [-0.15, -0.1) is 0 Å². The highest BCUT2D eigenvalue weighted by molar-refractivity contribution is 6.31. The van der Waals surface area contributed by atoms with Crippen LogP contribution in [0.3, 0.4) is 0 Å². The summed E-state index contributed by atoms with van der Waals surface area (Å²) in [6.07, 6.45) is 1.33. The number of hydrogen-bond acceptors (Lipinski definition) is 3. The zero-order valence-corrected chi connectivity index (χ0v) is 11.2. The lowest BCUT2D eigenvalue weighted by atomic mass is 10.2. The molecule has 0 atom stereocenters. The third-order valence-corrected chi connectivity index (χ3v) is 3.03. The van der Waals surface area contributed by atoms with Gasteiger partial charge in [-0.05, 0) is 25.1 Å². The molecule has 0 aliphatic carbocycles. The zero-order valence-electron chi connectivity index (χ0n) is 10.5. The normalized spacial score (nSPS) is 10.5. The highest BCUT2D eigenvalue weighted by atomic mass is 35.5. The van der Waals surface area contributed by atoms with Crippen LogP contribution < -0.4 is 0 Å². The van der Waals surface area contributed by atoms with E-state index in [1.54, 1.807) is 14.0 Å². The molecule has 1 aromatic heterocycles. The number of benzene rings is 1. The minimum atomic E-state index is -0.549. The van der Waals surface area contributed by atoms with Crippen LogP contribution in [0, 0.1) is 12.7 Å². The van der Waals surface area contributed by atoms with Gasteiger partial charge < -0.3 is 9.32 Å². The van der Waals surface area contributed by atoms with Crippen molar-refractivity contribution in [1.29, 1.82) is 0 Å². The molecule has 6 heteroatoms. The minimum absolute atomic E-state index is 0.0740. The van der Waals surface area contributed by atoms with E-state index in [0.717, 1.165) is 5.69 Å². The lowest BCUT2D eigenvalue weighted by molar-refractivity contribution is 0.0775. The van der Waals surface area contributed by atoms with Crippen LogP contribution in [-0.2, 0) is 6.54 Å². The van der Waals surface area contributed by atoms with Gasteiger partial charge in [0, 0.05) is 12.6 Å². The standard InChI is InChI=1S/C13H12ClFN2O2/c1-8-12(19-7-16-8)6-17(2)13(18)9-3-4-11(15)10(14)5-9/h3-5,7H,6H2,1-2H3. The Kier molecular flexibility index (Phi) is 3.85. The van der Waals surface area contributed by atoms with Crippen molar-refractivity contribution in [3.8, 4) is 0 Å². The maximum atomic E-state index is 13.0. The van der Waals surface area contributed by atoms with Crippen LogP contribution >= 0.6 is 11.6 Å². The summed E-state index contributed by atoms with van der Waals surface area (Å²) in [4.78, 5) is 17.5. The molecular formula is C13H12ClFN2O2. The van der Waals surface area contributed by atoms with Crippen LogP contribution in [0.2, 0.25) is 5.02 Å². The highest BCUT2D eigenvalue weighted by Gasteiger charge is 2.16. The Hall–Kier alpha value is -1.88. The number of nitrogens with zero attached hydrogens (tertiary/aromatic N) is 2. The maximum Gasteiger partial charge on any atom is 0.254 e. The fourth-order valence-corrected chi connectivity index (χ4v) is 1.80. The minimum Gasteiger partial charge on any atom is -0.446 e. The van der Waals surface area contributed by atoms with E-state index < -0.39 is 5.82 Å². The predicted octanol–water partition coefficient (Wildman–Crippen LogP) is 3.05.